The Labute approximate surface area is 118 Å². The fourth-order valence-corrected chi connectivity index (χ4v) is 2.43. The van der Waals surface area contributed by atoms with Crippen LogP contribution in [0.25, 0.3) is 10.9 Å². The first-order valence-corrected chi connectivity index (χ1v) is 6.94. The zero-order chi connectivity index (χ0) is 14.7. The molecule has 2 rings (SSSR count). The highest BCUT2D eigenvalue weighted by Crippen LogP contribution is 2.24. The predicted molar refractivity (Wildman–Crippen MR) is 80.4 cm³/mol. The summed E-state index contributed by atoms with van der Waals surface area (Å²) in [5, 5.41) is 13.5. The number of nitrogens with zero attached hydrogens (tertiary/aromatic N) is 1. The number of aryl methyl sites for hydroxylation is 1. The fraction of sp³-hybridized carbons (Fsp3) is 0.438. The Morgan fingerprint density at radius 1 is 1.30 bits per heavy atom. The van der Waals surface area contributed by atoms with Crippen molar-refractivity contribution in [2.75, 3.05) is 11.9 Å². The van der Waals surface area contributed by atoms with Gasteiger partial charge in [0.2, 0.25) is 0 Å². The van der Waals surface area contributed by atoms with Crippen molar-refractivity contribution in [2.45, 2.75) is 33.3 Å². The fourth-order valence-electron chi connectivity index (χ4n) is 2.43. The van der Waals surface area contributed by atoms with Crippen LogP contribution in [0.3, 0.4) is 0 Å². The Kier molecular flexibility index (Phi) is 4.55. The van der Waals surface area contributed by atoms with Gasteiger partial charge in [0.1, 0.15) is 5.82 Å². The minimum atomic E-state index is -0.305. The molecule has 2 atom stereocenters. The van der Waals surface area contributed by atoms with Crippen LogP contribution in [0, 0.1) is 18.7 Å². The van der Waals surface area contributed by atoms with E-state index < -0.39 is 0 Å². The molecular formula is C16H21FN2O. The molecule has 1 aromatic carbocycles. The number of nitrogens with one attached hydrogen (secondary N) is 1. The Hall–Kier alpha value is -1.68. The van der Waals surface area contributed by atoms with E-state index in [1.165, 1.54) is 12.1 Å². The first-order chi connectivity index (χ1) is 9.45. The average Bonchev–Trinajstić information content (AvgIpc) is 2.35. The highest BCUT2D eigenvalue weighted by Gasteiger charge is 2.09. The van der Waals surface area contributed by atoms with Crippen molar-refractivity contribution in [3.8, 4) is 0 Å². The first-order valence-electron chi connectivity index (χ1n) is 6.94. The van der Waals surface area contributed by atoms with Crippen molar-refractivity contribution >= 4 is 16.6 Å². The quantitative estimate of drug-likeness (QED) is 0.878. The zero-order valence-electron chi connectivity index (χ0n) is 12.2. The van der Waals surface area contributed by atoms with E-state index in [2.05, 4.69) is 17.2 Å². The van der Waals surface area contributed by atoms with Crippen LogP contribution >= 0.6 is 0 Å². The van der Waals surface area contributed by atoms with Gasteiger partial charge in [-0.1, -0.05) is 6.92 Å². The van der Waals surface area contributed by atoms with E-state index in [0.717, 1.165) is 35.2 Å². The minimum absolute atomic E-state index is 0.261. The summed E-state index contributed by atoms with van der Waals surface area (Å²) in [5.41, 5.74) is 2.58. The molecule has 0 fully saturated rings. The molecule has 2 aromatic rings. The van der Waals surface area contributed by atoms with Crippen LogP contribution < -0.4 is 5.32 Å². The van der Waals surface area contributed by atoms with E-state index in [9.17, 15) is 9.50 Å². The molecule has 108 valence electrons. The molecular weight excluding hydrogens is 255 g/mol. The molecule has 2 N–H and O–H groups in total. The van der Waals surface area contributed by atoms with Crippen molar-refractivity contribution in [1.82, 2.24) is 4.98 Å². The summed E-state index contributed by atoms with van der Waals surface area (Å²) in [7, 11) is 0. The molecule has 0 saturated carbocycles. The van der Waals surface area contributed by atoms with E-state index >= 15 is 0 Å². The number of pyridine rings is 1. The van der Waals surface area contributed by atoms with E-state index in [1.807, 2.05) is 13.0 Å². The van der Waals surface area contributed by atoms with Gasteiger partial charge in [-0.05, 0) is 50.5 Å². The number of rotatable bonds is 5. The molecule has 20 heavy (non-hydrogen) atoms. The molecule has 0 aliphatic rings. The smallest absolute Gasteiger partial charge is 0.124 e. The minimum Gasteiger partial charge on any atom is -0.393 e. The van der Waals surface area contributed by atoms with Gasteiger partial charge in [0.15, 0.2) is 0 Å². The summed E-state index contributed by atoms with van der Waals surface area (Å²) in [6, 6.07) is 6.55. The van der Waals surface area contributed by atoms with Crippen LogP contribution in [0.1, 0.15) is 26.0 Å². The first kappa shape index (κ1) is 14.7. The third kappa shape index (κ3) is 3.67. The molecule has 0 aliphatic heterocycles. The average molecular weight is 276 g/mol. The summed E-state index contributed by atoms with van der Waals surface area (Å²) >= 11 is 0. The van der Waals surface area contributed by atoms with Crippen molar-refractivity contribution < 1.29 is 9.50 Å². The van der Waals surface area contributed by atoms with Crippen LogP contribution in [-0.4, -0.2) is 22.7 Å². The second-order valence-corrected chi connectivity index (χ2v) is 5.54. The number of fused-ring (bicyclic) bond motifs is 1. The standard InChI is InChI=1S/C16H21FN2O/c1-10(6-12(3)20)9-18-16-7-11(2)19-15-5-4-13(17)8-14(15)16/h4-5,7-8,10,12,20H,6,9H2,1-3H3,(H,18,19). The Morgan fingerprint density at radius 3 is 2.75 bits per heavy atom. The maximum absolute atomic E-state index is 13.4. The molecule has 2 unspecified atom stereocenters. The van der Waals surface area contributed by atoms with Crippen LogP contribution in [-0.2, 0) is 0 Å². The molecule has 0 bridgehead atoms. The van der Waals surface area contributed by atoms with Gasteiger partial charge in [-0.25, -0.2) is 4.39 Å². The third-order valence-electron chi connectivity index (χ3n) is 3.28. The molecule has 0 aliphatic carbocycles. The highest BCUT2D eigenvalue weighted by atomic mass is 19.1. The van der Waals surface area contributed by atoms with Crippen LogP contribution in [0.15, 0.2) is 24.3 Å². The number of hydrogen-bond acceptors (Lipinski definition) is 3. The number of anilines is 1. The molecule has 0 saturated heterocycles. The van der Waals surface area contributed by atoms with Crippen LogP contribution in [0.2, 0.25) is 0 Å². The van der Waals surface area contributed by atoms with Gasteiger partial charge in [-0.3, -0.25) is 4.98 Å². The maximum Gasteiger partial charge on any atom is 0.124 e. The Morgan fingerprint density at radius 2 is 2.05 bits per heavy atom. The number of hydrogen-bond donors (Lipinski definition) is 2. The van der Waals surface area contributed by atoms with E-state index in [4.69, 9.17) is 0 Å². The van der Waals surface area contributed by atoms with Crippen LogP contribution in [0.4, 0.5) is 10.1 Å². The Balaban J connectivity index is 2.22. The van der Waals surface area contributed by atoms with E-state index in [1.54, 1.807) is 13.0 Å². The summed E-state index contributed by atoms with van der Waals surface area (Å²) in [4.78, 5) is 4.41. The number of aromatic nitrogens is 1. The number of halogens is 1. The van der Waals surface area contributed by atoms with Crippen molar-refractivity contribution in [2.24, 2.45) is 5.92 Å². The summed E-state index contributed by atoms with van der Waals surface area (Å²) in [6.07, 6.45) is 0.434. The summed E-state index contributed by atoms with van der Waals surface area (Å²) < 4.78 is 13.4. The Bertz CT molecular complexity index is 598. The molecule has 3 nitrogen and oxygen atoms in total. The number of benzene rings is 1. The molecule has 0 amide bonds. The normalized spacial score (nSPS) is 14.2. The van der Waals surface area contributed by atoms with Gasteiger partial charge in [0, 0.05) is 23.3 Å². The largest absolute Gasteiger partial charge is 0.393 e. The lowest BCUT2D eigenvalue weighted by molar-refractivity contribution is 0.166. The topological polar surface area (TPSA) is 45.1 Å². The second kappa shape index (κ2) is 6.18. The van der Waals surface area contributed by atoms with Crippen molar-refractivity contribution in [3.63, 3.8) is 0 Å². The number of aliphatic hydroxyl groups is 1. The number of aliphatic hydroxyl groups excluding tert-OH is 1. The van der Waals surface area contributed by atoms with E-state index in [0.29, 0.717) is 5.92 Å². The van der Waals surface area contributed by atoms with Gasteiger partial charge in [0.25, 0.3) is 0 Å². The lowest BCUT2D eigenvalue weighted by Gasteiger charge is -2.16. The third-order valence-corrected chi connectivity index (χ3v) is 3.28. The SMILES string of the molecule is Cc1cc(NCC(C)CC(C)O)c2cc(F)ccc2n1. The van der Waals surface area contributed by atoms with Gasteiger partial charge < -0.3 is 10.4 Å². The monoisotopic (exact) mass is 276 g/mol. The summed E-state index contributed by atoms with van der Waals surface area (Å²) in [6.45, 7) is 6.53. The van der Waals surface area contributed by atoms with Gasteiger partial charge in [-0.2, -0.15) is 0 Å². The lowest BCUT2D eigenvalue weighted by atomic mass is 10.0. The van der Waals surface area contributed by atoms with Gasteiger partial charge >= 0.3 is 0 Å². The van der Waals surface area contributed by atoms with Gasteiger partial charge in [0.05, 0.1) is 11.6 Å². The predicted octanol–water partition coefficient (Wildman–Crippen LogP) is 3.50. The lowest BCUT2D eigenvalue weighted by Crippen LogP contribution is -2.16. The van der Waals surface area contributed by atoms with Crippen molar-refractivity contribution in [1.29, 1.82) is 0 Å². The van der Waals surface area contributed by atoms with E-state index in [-0.39, 0.29) is 11.9 Å². The summed E-state index contributed by atoms with van der Waals surface area (Å²) in [5.74, 6) is 0.0790. The van der Waals surface area contributed by atoms with Crippen molar-refractivity contribution in [3.05, 3.63) is 35.8 Å². The maximum atomic E-state index is 13.4. The zero-order valence-corrected chi connectivity index (χ0v) is 12.2. The molecule has 1 aromatic heterocycles. The highest BCUT2D eigenvalue weighted by molar-refractivity contribution is 5.91. The molecule has 4 heteroatoms. The second-order valence-electron chi connectivity index (χ2n) is 5.54. The molecule has 0 radical (unpaired) electrons. The molecule has 1 heterocycles. The van der Waals surface area contributed by atoms with Crippen LogP contribution in [0.5, 0.6) is 0 Å². The van der Waals surface area contributed by atoms with Gasteiger partial charge in [-0.15, -0.1) is 0 Å². The molecule has 0 spiro atoms.